The highest BCUT2D eigenvalue weighted by atomic mass is 19.1. The Bertz CT molecular complexity index is 1220. The molecule has 2 aliphatic heterocycles. The number of pyridine rings is 1. The number of halogens is 1. The number of anilines is 1. The maximum absolute atomic E-state index is 15.5. The lowest BCUT2D eigenvalue weighted by atomic mass is 9.72. The van der Waals surface area contributed by atoms with Crippen LogP contribution in [0.2, 0.25) is 0 Å². The van der Waals surface area contributed by atoms with Gasteiger partial charge in [0, 0.05) is 20.1 Å². The fourth-order valence-electron chi connectivity index (χ4n) is 6.84. The van der Waals surface area contributed by atoms with E-state index in [1.54, 1.807) is 16.7 Å². The number of rotatable bonds is 3. The van der Waals surface area contributed by atoms with Crippen molar-refractivity contribution >= 4 is 22.7 Å². The molecule has 2 aliphatic carbocycles. The lowest BCUT2D eigenvalue weighted by Gasteiger charge is -2.35. The second kappa shape index (κ2) is 6.50. The third kappa shape index (κ3) is 2.47. The number of fused-ring (bicyclic) bond motifs is 5. The predicted molar refractivity (Wildman–Crippen MR) is 114 cm³/mol. The molecule has 2 aromatic rings. The number of hydrogen-bond acceptors (Lipinski definition) is 7. The van der Waals surface area contributed by atoms with Crippen LogP contribution in [0, 0.1) is 29.0 Å². The Morgan fingerprint density at radius 1 is 1.44 bits per heavy atom. The van der Waals surface area contributed by atoms with Crippen molar-refractivity contribution in [3.05, 3.63) is 28.3 Å². The molecule has 10 heteroatoms. The van der Waals surface area contributed by atoms with E-state index in [0.717, 1.165) is 19.5 Å². The lowest BCUT2D eigenvalue weighted by molar-refractivity contribution is 0.143. The molecule has 6 rings (SSSR count). The molecule has 32 heavy (non-hydrogen) atoms. The highest BCUT2D eigenvalue weighted by Crippen LogP contribution is 2.63. The third-order valence-electron chi connectivity index (χ3n) is 8.24. The fraction of sp³-hybridized carbons (Fsp3) is 0.545. The van der Waals surface area contributed by atoms with Crippen molar-refractivity contribution in [3.8, 4) is 11.5 Å². The second-order valence-corrected chi connectivity index (χ2v) is 9.64. The van der Waals surface area contributed by atoms with Gasteiger partial charge in [-0.25, -0.2) is 9.18 Å². The Labute approximate surface area is 183 Å². The second-order valence-electron chi connectivity index (χ2n) is 9.64. The number of hydrogen-bond donors (Lipinski definition) is 2. The first kappa shape index (κ1) is 19.7. The molecule has 2 bridgehead atoms. The highest BCUT2D eigenvalue weighted by Gasteiger charge is 2.60. The molecule has 1 saturated heterocycles. The Kier molecular flexibility index (Phi) is 4.00. The molecule has 1 aromatic heterocycles. The number of aromatic nitrogens is 1. The van der Waals surface area contributed by atoms with Gasteiger partial charge < -0.3 is 25.2 Å². The van der Waals surface area contributed by atoms with Crippen molar-refractivity contribution in [1.29, 1.82) is 0 Å². The van der Waals surface area contributed by atoms with E-state index >= 15 is 4.39 Å². The Hall–Kier alpha value is -3.01. The van der Waals surface area contributed by atoms with Gasteiger partial charge in [0.05, 0.1) is 11.6 Å². The van der Waals surface area contributed by atoms with Crippen LogP contribution < -0.4 is 30.5 Å². The summed E-state index contributed by atoms with van der Waals surface area (Å²) in [6.45, 7) is 2.25. The third-order valence-corrected chi connectivity index (χ3v) is 8.24. The Morgan fingerprint density at radius 2 is 2.25 bits per heavy atom. The van der Waals surface area contributed by atoms with Gasteiger partial charge in [-0.3, -0.25) is 14.5 Å². The summed E-state index contributed by atoms with van der Waals surface area (Å²) in [5, 5.41) is 10.7. The zero-order valence-electron chi connectivity index (χ0n) is 17.7. The smallest absolute Gasteiger partial charge is 0.467 e. The molecule has 3 heterocycles. The quantitative estimate of drug-likeness (QED) is 0.691. The van der Waals surface area contributed by atoms with E-state index < -0.39 is 17.4 Å². The number of nitrogens with zero attached hydrogens (tertiary/aromatic N) is 3. The molecule has 0 radical (unpaired) electrons. The van der Waals surface area contributed by atoms with Gasteiger partial charge in [-0.1, -0.05) is 0 Å². The predicted octanol–water partition coefficient (Wildman–Crippen LogP) is 1.93. The normalized spacial score (nSPS) is 30.0. The van der Waals surface area contributed by atoms with Crippen LogP contribution in [0.15, 0.2) is 17.1 Å². The van der Waals surface area contributed by atoms with Gasteiger partial charge in [-0.2, -0.15) is 0 Å². The van der Waals surface area contributed by atoms with E-state index in [4.69, 9.17) is 15.6 Å². The van der Waals surface area contributed by atoms with Crippen molar-refractivity contribution < 1.29 is 23.8 Å². The first-order valence-electron chi connectivity index (χ1n) is 10.9. The molecule has 4 atom stereocenters. The largest absolute Gasteiger partial charge is 0.511 e. The van der Waals surface area contributed by atoms with Gasteiger partial charge in [-0.15, -0.1) is 0 Å². The van der Waals surface area contributed by atoms with Gasteiger partial charge in [0.25, 0.3) is 0 Å². The molecule has 4 aliphatic rings. The first-order chi connectivity index (χ1) is 15.3. The van der Waals surface area contributed by atoms with E-state index in [0.29, 0.717) is 41.3 Å². The summed E-state index contributed by atoms with van der Waals surface area (Å²) >= 11 is 0. The van der Waals surface area contributed by atoms with Crippen molar-refractivity contribution in [2.45, 2.75) is 19.3 Å². The number of carbonyl (C=O) groups is 1. The van der Waals surface area contributed by atoms with Crippen molar-refractivity contribution in [2.75, 3.05) is 43.3 Å². The Balaban J connectivity index is 1.49. The summed E-state index contributed by atoms with van der Waals surface area (Å²) in [7, 11) is 1.73. The van der Waals surface area contributed by atoms with Crippen molar-refractivity contribution in [3.63, 3.8) is 0 Å². The van der Waals surface area contributed by atoms with Crippen LogP contribution in [0.25, 0.3) is 10.9 Å². The lowest BCUT2D eigenvalue weighted by Crippen LogP contribution is -2.40. The standard InChI is InChI=1S/C22H25FN4O5/c1-25-10-31-20-17-12(19(28)16(8-27(17)25)32-21(29)30)4-15(23)18(20)26-6-13-11-2-3-22(5-11,9-24)14(13)7-26/h4,8,11,13-14H,2-3,5-7,9-10,24H2,1H3,(H,29,30). The number of ether oxygens (including phenoxy) is 2. The average Bonchev–Trinajstić information content (AvgIpc) is 3.44. The maximum Gasteiger partial charge on any atom is 0.511 e. The van der Waals surface area contributed by atoms with Crippen LogP contribution in [0.5, 0.6) is 11.5 Å². The zero-order valence-corrected chi connectivity index (χ0v) is 17.7. The van der Waals surface area contributed by atoms with E-state index in [2.05, 4.69) is 9.64 Å². The fourth-order valence-corrected chi connectivity index (χ4v) is 6.84. The summed E-state index contributed by atoms with van der Waals surface area (Å²) in [5.41, 5.74) is 6.44. The Morgan fingerprint density at radius 3 is 3.00 bits per heavy atom. The molecule has 170 valence electrons. The van der Waals surface area contributed by atoms with Gasteiger partial charge in [0.1, 0.15) is 11.2 Å². The number of nitrogens with two attached hydrogens (primary N) is 1. The summed E-state index contributed by atoms with van der Waals surface area (Å²) in [4.78, 5) is 25.9. The SMILES string of the molecule is CN1COc2c(N3CC4C5CCC(CN)(C5)C4C3)c(F)cc3c(=O)c(OC(=O)O)cn1c23. The molecule has 3 fully saturated rings. The molecule has 2 saturated carbocycles. The van der Waals surface area contributed by atoms with Crippen LogP contribution in [0.4, 0.5) is 14.9 Å². The van der Waals surface area contributed by atoms with E-state index in [1.165, 1.54) is 25.1 Å². The first-order valence-corrected chi connectivity index (χ1v) is 10.9. The minimum atomic E-state index is -1.60. The van der Waals surface area contributed by atoms with E-state index in [9.17, 15) is 9.59 Å². The summed E-state index contributed by atoms with van der Waals surface area (Å²) < 4.78 is 27.7. The molecule has 1 aromatic carbocycles. The number of carboxylic acid groups (broad SMARTS) is 1. The van der Waals surface area contributed by atoms with Crippen LogP contribution in [-0.2, 0) is 0 Å². The van der Waals surface area contributed by atoms with Crippen LogP contribution in [-0.4, -0.2) is 49.4 Å². The van der Waals surface area contributed by atoms with Gasteiger partial charge >= 0.3 is 6.16 Å². The molecular formula is C22H25FN4O5. The monoisotopic (exact) mass is 444 g/mol. The van der Waals surface area contributed by atoms with Gasteiger partial charge in [0.2, 0.25) is 11.2 Å². The minimum Gasteiger partial charge on any atom is -0.467 e. The molecule has 3 N–H and O–H groups in total. The van der Waals surface area contributed by atoms with E-state index in [-0.39, 0.29) is 23.3 Å². The minimum absolute atomic E-state index is 0.0180. The average molecular weight is 444 g/mol. The van der Waals surface area contributed by atoms with Crippen LogP contribution in [0.1, 0.15) is 19.3 Å². The van der Waals surface area contributed by atoms with Crippen LogP contribution in [0.3, 0.4) is 0 Å². The van der Waals surface area contributed by atoms with Crippen LogP contribution >= 0.6 is 0 Å². The van der Waals surface area contributed by atoms with Gasteiger partial charge in [-0.05, 0) is 55.0 Å². The van der Waals surface area contributed by atoms with Crippen molar-refractivity contribution in [2.24, 2.45) is 28.9 Å². The zero-order chi connectivity index (χ0) is 22.4. The van der Waals surface area contributed by atoms with E-state index in [1.807, 2.05) is 0 Å². The summed E-state index contributed by atoms with van der Waals surface area (Å²) in [6, 6.07) is 1.17. The maximum atomic E-state index is 15.5. The molecule has 9 nitrogen and oxygen atoms in total. The van der Waals surface area contributed by atoms with Gasteiger partial charge in [0.15, 0.2) is 18.3 Å². The topological polar surface area (TPSA) is 110 Å². The summed E-state index contributed by atoms with van der Waals surface area (Å²) in [6.07, 6.45) is 3.21. The molecule has 4 unspecified atom stereocenters. The summed E-state index contributed by atoms with van der Waals surface area (Å²) in [5.74, 6) is 0.944. The highest BCUT2D eigenvalue weighted by molar-refractivity contribution is 5.93. The molecular weight excluding hydrogens is 419 g/mol. The molecule has 0 amide bonds. The molecule has 0 spiro atoms. The van der Waals surface area contributed by atoms with Crippen molar-refractivity contribution in [1.82, 2.24) is 4.68 Å². The number of benzene rings is 1.